The number of hydrogen-bond donors (Lipinski definition) is 0. The van der Waals surface area contributed by atoms with Crippen LogP contribution in [0.25, 0.3) is 11.9 Å². The van der Waals surface area contributed by atoms with Gasteiger partial charge in [0.1, 0.15) is 0 Å². The molecule has 0 aliphatic heterocycles. The first kappa shape index (κ1) is 203. The summed E-state index contributed by atoms with van der Waals surface area (Å²) in [7, 11) is 0. The largest absolute Gasteiger partial charge is 0.693 e. The number of rotatable bonds is 0. The van der Waals surface area contributed by atoms with E-state index in [0.717, 1.165) is 0 Å². The minimum Gasteiger partial charge on any atom is -0.693 e. The van der Waals surface area contributed by atoms with Crippen LogP contribution in [0, 0.1) is 7.43 Å². The molecule has 0 saturated carbocycles. The predicted octanol–water partition coefficient (Wildman–Crippen LogP) is 2.17. The van der Waals surface area contributed by atoms with Crippen molar-refractivity contribution in [3.05, 3.63) is 19.3 Å². The van der Waals surface area contributed by atoms with Crippen molar-refractivity contribution in [2.75, 3.05) is 6.54 Å². The molecule has 0 unspecified atom stereocenters. The van der Waals surface area contributed by atoms with Crippen molar-refractivity contribution < 1.29 is 785 Å². The first-order chi connectivity index (χ1) is 1.41. The summed E-state index contributed by atoms with van der Waals surface area (Å²) >= 11 is 0. The Bertz CT molecular complexity index is 24.1. The fourth-order valence-corrected chi connectivity index (χ4v) is 0. The summed E-state index contributed by atoms with van der Waals surface area (Å²) in [6.45, 7) is 2.29. The van der Waals surface area contributed by atoms with E-state index in [9.17, 15) is 0 Å². The molecule has 26 heteroatoms. The van der Waals surface area contributed by atoms with Crippen LogP contribution in [0.5, 0.6) is 0 Å². The van der Waals surface area contributed by atoms with E-state index in [2.05, 4.69) is 0 Å². The molecular formula is C3H11N2Y24-3. The summed E-state index contributed by atoms with van der Waals surface area (Å²) in [5, 5.41) is 0. The molecule has 0 aliphatic rings. The normalized spacial score (nSPS) is 0.621. The first-order valence-corrected chi connectivity index (χ1v) is 1.06. The van der Waals surface area contributed by atoms with Crippen molar-refractivity contribution in [2.24, 2.45) is 0 Å². The summed E-state index contributed by atoms with van der Waals surface area (Å²) in [4.78, 5) is 0. The van der Waals surface area contributed by atoms with E-state index in [4.69, 9.17) is 5.73 Å². The van der Waals surface area contributed by atoms with Gasteiger partial charge in [-0.3, -0.25) is 0 Å². The van der Waals surface area contributed by atoms with Gasteiger partial charge in [0.15, 0.2) is 0 Å². The van der Waals surface area contributed by atoms with E-state index in [0.29, 0.717) is 6.54 Å². The summed E-state index contributed by atoms with van der Waals surface area (Å²) < 4.78 is 0. The van der Waals surface area contributed by atoms with Crippen LogP contribution in [0.15, 0.2) is 0 Å². The Morgan fingerprint density at radius 3 is 0.310 bits per heavy atom. The van der Waals surface area contributed by atoms with E-state index >= 15 is 0 Å². The molecule has 3 N–H and O–H groups in total. The molecule has 0 heterocycles. The zero-order chi connectivity index (χ0) is 2.71. The second kappa shape index (κ2) is 207. The fourth-order valence-electron chi connectivity index (χ4n) is 0. The van der Waals surface area contributed by atoms with Crippen LogP contribution in [0.3, 0.4) is 0 Å². The second-order valence-electron chi connectivity index (χ2n) is 0.354. The molecule has 0 aliphatic carbocycles. The molecule has 0 rings (SSSR count). The van der Waals surface area contributed by atoms with Crippen molar-refractivity contribution in [1.82, 2.24) is 0 Å². The monoisotopic (exact) mass is 2210 g/mol. The fraction of sp³-hybridized carbons (Fsp3) is 0.667. The molecule has 0 saturated heterocycles. The predicted molar refractivity (Wildman–Crippen MR) is 26.6 cm³/mol. The van der Waals surface area contributed by atoms with Crippen LogP contribution >= 0.6 is 0 Å². The quantitative estimate of drug-likeness (QED) is 0.335. The van der Waals surface area contributed by atoms with Gasteiger partial charge in [0.2, 0.25) is 0 Å². The molecule has 0 aromatic rings. The van der Waals surface area contributed by atoms with Gasteiger partial charge in [-0.25, -0.2) is 0 Å². The molecular weight excluding hydrogens is 2200 g/mol. The topological polar surface area (TPSA) is 57.3 Å². The Balaban J connectivity index is -0.0000000000615. The maximum atomic E-state index is 6.21. The van der Waals surface area contributed by atoms with Gasteiger partial charge in [-0.05, 0) is 0 Å². The molecule has 0 atom stereocenters. The van der Waals surface area contributed by atoms with E-state index in [1.807, 2.05) is 0 Å². The maximum absolute atomic E-state index is 6.21. The smallest absolute Gasteiger partial charge is 0 e. The molecule has 0 aromatic carbocycles. The molecule has 24 radical (unpaired) electrons. The molecule has 108 valence electrons. The van der Waals surface area contributed by atoms with Gasteiger partial charge in [-0.1, -0.05) is 6.92 Å². The Morgan fingerprint density at radius 1 is 0.310 bits per heavy atom. The summed E-state index contributed by atoms with van der Waals surface area (Å²) in [5.41, 5.74) is 6.21. The molecule has 0 bridgehead atoms. The zero-order valence-corrected chi connectivity index (χ0v) is 85.8. The van der Waals surface area contributed by atoms with Gasteiger partial charge in [-0.2, -0.15) is 6.54 Å². The molecule has 2 nitrogen and oxygen atoms in total. The first-order valence-electron chi connectivity index (χ1n) is 1.06. The number of hydrogen-bond acceptors (Lipinski definition) is 0. The van der Waals surface area contributed by atoms with E-state index in [-0.39, 0.29) is 799 Å². The maximum Gasteiger partial charge on any atom is 0 e. The molecule has 0 fully saturated rings. The Hall–Kier alpha value is 26.4. The average Bonchev–Trinajstić information content (AvgIpc) is 0.918. The van der Waals surface area contributed by atoms with Gasteiger partial charge in [-0.15, -0.1) is 0 Å². The van der Waals surface area contributed by atoms with Crippen LogP contribution in [-0.2, 0) is 785 Å². The third-order valence-electron chi connectivity index (χ3n) is 0. The zero-order valence-electron chi connectivity index (χ0n) is 17.6. The van der Waals surface area contributed by atoms with Gasteiger partial charge in [0, 0.05) is 785 Å². The van der Waals surface area contributed by atoms with Gasteiger partial charge < -0.3 is 19.3 Å². The molecule has 29 heavy (non-hydrogen) atoms. The standard InChI is InChI=1S/C2H6N.CH3.H2N.24Y/c1-2-3;;;;;;;;;;;;;;;;;;;;;;;;;;/h3H,2H2,1H3;1H3;1H2;;;;;;;;;;;;;;;;;;;;;;;;/q3*-1;;;;;;;;;;;;;;;;;;;;;;;;. The van der Waals surface area contributed by atoms with E-state index in [1.54, 1.807) is 6.92 Å². The Morgan fingerprint density at radius 2 is 0.310 bits per heavy atom. The third kappa shape index (κ3) is 214. The van der Waals surface area contributed by atoms with Crippen molar-refractivity contribution in [2.45, 2.75) is 6.92 Å². The molecule has 0 spiro atoms. The van der Waals surface area contributed by atoms with Crippen LogP contribution in [0.1, 0.15) is 6.92 Å². The van der Waals surface area contributed by atoms with Crippen molar-refractivity contribution >= 4 is 0 Å². The minimum absolute atomic E-state index is 0. The van der Waals surface area contributed by atoms with Gasteiger partial charge >= 0.3 is 0 Å². The van der Waals surface area contributed by atoms with E-state index in [1.165, 1.54) is 0 Å². The number of nitrogens with one attached hydrogen (secondary N) is 1. The minimum atomic E-state index is 0. The third-order valence-corrected chi connectivity index (χ3v) is 0. The van der Waals surface area contributed by atoms with Crippen molar-refractivity contribution in [3.8, 4) is 0 Å². The van der Waals surface area contributed by atoms with Crippen LogP contribution < -0.4 is 0 Å². The SMILES string of the molecule is CC[NH-].[CH3-].[NH2-].[Y].[Y].[Y].[Y].[Y].[Y].[Y].[Y].[Y].[Y].[Y].[Y].[Y].[Y].[Y].[Y].[Y].[Y].[Y].[Y].[Y].[Y].[Y].[Y]. The molecule has 0 aromatic heterocycles. The Labute approximate surface area is 787 Å². The Kier molecular flexibility index (Phi) is 1450. The van der Waals surface area contributed by atoms with Crippen LogP contribution in [0.4, 0.5) is 0 Å². The summed E-state index contributed by atoms with van der Waals surface area (Å²) in [6, 6.07) is 0. The second-order valence-corrected chi connectivity index (χ2v) is 0.354. The van der Waals surface area contributed by atoms with E-state index < -0.39 is 0 Å². The number of nitrogens with two attached hydrogens (primary N) is 1. The summed E-state index contributed by atoms with van der Waals surface area (Å²) in [6.07, 6.45) is 0. The van der Waals surface area contributed by atoms with Crippen LogP contribution in [0.2, 0.25) is 0 Å². The summed E-state index contributed by atoms with van der Waals surface area (Å²) in [5.74, 6) is 0. The van der Waals surface area contributed by atoms with Gasteiger partial charge in [0.25, 0.3) is 0 Å². The van der Waals surface area contributed by atoms with Crippen molar-refractivity contribution in [1.29, 1.82) is 0 Å². The van der Waals surface area contributed by atoms with Crippen molar-refractivity contribution in [3.63, 3.8) is 0 Å². The van der Waals surface area contributed by atoms with Crippen LogP contribution in [-0.4, -0.2) is 6.54 Å². The molecule has 0 amide bonds. The average molecular weight is 2210 g/mol. The van der Waals surface area contributed by atoms with Gasteiger partial charge in [0.05, 0.1) is 0 Å².